The van der Waals surface area contributed by atoms with Crippen molar-refractivity contribution in [1.29, 1.82) is 0 Å². The number of ether oxygens (including phenoxy) is 1. The normalized spacial score (nSPS) is 11.0. The lowest BCUT2D eigenvalue weighted by Gasteiger charge is -2.12. The van der Waals surface area contributed by atoms with Crippen molar-refractivity contribution in [3.05, 3.63) is 64.0 Å². The third-order valence-corrected chi connectivity index (χ3v) is 4.36. The maximum absolute atomic E-state index is 13.9. The monoisotopic (exact) mass is 356 g/mol. The quantitative estimate of drug-likeness (QED) is 0.427. The molecule has 0 atom stereocenters. The van der Waals surface area contributed by atoms with Gasteiger partial charge in [-0.15, -0.1) is 0 Å². The third-order valence-electron chi connectivity index (χ3n) is 4.36. The summed E-state index contributed by atoms with van der Waals surface area (Å²) < 4.78 is 19.2. The van der Waals surface area contributed by atoms with Crippen molar-refractivity contribution in [3.63, 3.8) is 0 Å². The first-order valence-corrected chi connectivity index (χ1v) is 8.60. The Balaban J connectivity index is 2.17. The van der Waals surface area contributed by atoms with Gasteiger partial charge in [-0.05, 0) is 62.6 Å². The molecule has 0 saturated carbocycles. The lowest BCUT2D eigenvalue weighted by atomic mass is 10.0. The predicted octanol–water partition coefficient (Wildman–Crippen LogP) is 4.72. The number of hydrogen-bond donors (Lipinski definition) is 0. The zero-order valence-electron chi connectivity index (χ0n) is 16.0. The van der Waals surface area contributed by atoms with Crippen LogP contribution in [-0.2, 0) is 11.3 Å². The molecule has 0 unspecified atom stereocenters. The van der Waals surface area contributed by atoms with Crippen LogP contribution in [0.2, 0.25) is 0 Å². The van der Waals surface area contributed by atoms with Crippen LogP contribution in [0.1, 0.15) is 39.5 Å². The number of aliphatic imine (C=N–C) groups is 1. The number of nitrogens with zero attached hydrogens (tertiary/aromatic N) is 2. The van der Waals surface area contributed by atoms with Crippen LogP contribution < -0.4 is 0 Å². The zero-order valence-corrected chi connectivity index (χ0v) is 16.0. The van der Waals surface area contributed by atoms with Crippen LogP contribution >= 0.6 is 0 Å². The second kappa shape index (κ2) is 8.61. The number of carbonyl (C=O) groups excluding carboxylic acids is 1. The molecule has 0 aliphatic heterocycles. The molecule has 0 aliphatic rings. The van der Waals surface area contributed by atoms with E-state index in [-0.39, 0.29) is 12.4 Å². The molecule has 5 heteroatoms. The fraction of sp³-hybridized carbons (Fsp3) is 0.333. The van der Waals surface area contributed by atoms with Crippen LogP contribution in [0.25, 0.3) is 0 Å². The highest BCUT2D eigenvalue weighted by Gasteiger charge is 2.15. The van der Waals surface area contributed by atoms with E-state index in [2.05, 4.69) is 4.99 Å². The van der Waals surface area contributed by atoms with E-state index in [4.69, 9.17) is 4.74 Å². The molecule has 2 rings (SSSR count). The van der Waals surface area contributed by atoms with Crippen molar-refractivity contribution < 1.29 is 13.9 Å². The van der Waals surface area contributed by atoms with Crippen molar-refractivity contribution in [1.82, 2.24) is 4.90 Å². The predicted molar refractivity (Wildman–Crippen MR) is 103 cm³/mol. The van der Waals surface area contributed by atoms with Gasteiger partial charge in [-0.1, -0.05) is 12.1 Å². The minimum atomic E-state index is -0.463. The summed E-state index contributed by atoms with van der Waals surface area (Å²) in [5.41, 5.74) is 4.10. The number of benzene rings is 2. The summed E-state index contributed by atoms with van der Waals surface area (Å²) in [7, 11) is 1.95. The molecular weight excluding hydrogens is 331 g/mol. The number of aryl methyl sites for hydroxylation is 3. The van der Waals surface area contributed by atoms with Gasteiger partial charge < -0.3 is 9.64 Å². The van der Waals surface area contributed by atoms with Crippen molar-refractivity contribution in [3.8, 4) is 0 Å². The fourth-order valence-corrected chi connectivity index (χ4v) is 2.47. The Morgan fingerprint density at radius 2 is 1.92 bits per heavy atom. The van der Waals surface area contributed by atoms with Gasteiger partial charge in [0.1, 0.15) is 12.4 Å². The molecule has 0 aromatic heterocycles. The van der Waals surface area contributed by atoms with Gasteiger partial charge in [0.25, 0.3) is 0 Å². The van der Waals surface area contributed by atoms with E-state index in [1.165, 1.54) is 6.07 Å². The number of halogens is 1. The standard InChI is InChI=1S/C21H25FN2O2/c1-6-24(5)13-23-20-11-15(3)17(10-16(20)4)21(25)26-12-18-14(2)8-7-9-19(18)22/h7-11,13H,6,12H2,1-5H3/b23-13+. The van der Waals surface area contributed by atoms with Crippen molar-refractivity contribution in [2.24, 2.45) is 4.99 Å². The second-order valence-corrected chi connectivity index (χ2v) is 6.38. The van der Waals surface area contributed by atoms with Gasteiger partial charge in [0.2, 0.25) is 0 Å². The van der Waals surface area contributed by atoms with Crippen molar-refractivity contribution in [2.75, 3.05) is 13.6 Å². The Kier molecular flexibility index (Phi) is 6.50. The lowest BCUT2D eigenvalue weighted by molar-refractivity contribution is 0.0467. The Hall–Kier alpha value is -2.69. The summed E-state index contributed by atoms with van der Waals surface area (Å²) >= 11 is 0. The van der Waals surface area contributed by atoms with E-state index in [9.17, 15) is 9.18 Å². The Labute approximate surface area is 154 Å². The molecule has 0 heterocycles. The zero-order chi connectivity index (χ0) is 19.3. The molecule has 2 aromatic carbocycles. The number of esters is 1. The van der Waals surface area contributed by atoms with Crippen molar-refractivity contribution >= 4 is 18.0 Å². The first kappa shape index (κ1) is 19.6. The molecule has 0 radical (unpaired) electrons. The SMILES string of the molecule is CCN(C)/C=N/c1cc(C)c(C(=O)OCc2c(C)cccc2F)cc1C. The topological polar surface area (TPSA) is 41.9 Å². The average Bonchev–Trinajstić information content (AvgIpc) is 2.61. The minimum Gasteiger partial charge on any atom is -0.457 e. The summed E-state index contributed by atoms with van der Waals surface area (Å²) in [6, 6.07) is 8.43. The molecule has 0 bridgehead atoms. The van der Waals surface area contributed by atoms with Gasteiger partial charge in [0, 0.05) is 19.2 Å². The smallest absolute Gasteiger partial charge is 0.338 e. The van der Waals surface area contributed by atoms with Crippen LogP contribution in [0.3, 0.4) is 0 Å². The van der Waals surface area contributed by atoms with E-state index in [0.29, 0.717) is 11.1 Å². The second-order valence-electron chi connectivity index (χ2n) is 6.38. The number of rotatable bonds is 6. The summed E-state index contributed by atoms with van der Waals surface area (Å²) in [5.74, 6) is -0.829. The summed E-state index contributed by atoms with van der Waals surface area (Å²) in [4.78, 5) is 18.9. The van der Waals surface area contributed by atoms with Crippen LogP contribution in [0.4, 0.5) is 10.1 Å². The summed E-state index contributed by atoms with van der Waals surface area (Å²) in [6.45, 7) is 8.35. The maximum Gasteiger partial charge on any atom is 0.338 e. The number of hydrogen-bond acceptors (Lipinski definition) is 3. The largest absolute Gasteiger partial charge is 0.457 e. The van der Waals surface area contributed by atoms with Gasteiger partial charge in [-0.2, -0.15) is 0 Å². The molecule has 0 N–H and O–H groups in total. The molecule has 0 amide bonds. The van der Waals surface area contributed by atoms with E-state index in [1.54, 1.807) is 31.5 Å². The highest BCUT2D eigenvalue weighted by molar-refractivity contribution is 5.92. The summed E-state index contributed by atoms with van der Waals surface area (Å²) in [6.07, 6.45) is 1.76. The van der Waals surface area contributed by atoms with E-state index >= 15 is 0 Å². The average molecular weight is 356 g/mol. The first-order valence-electron chi connectivity index (χ1n) is 8.60. The highest BCUT2D eigenvalue weighted by Crippen LogP contribution is 2.24. The molecule has 138 valence electrons. The maximum atomic E-state index is 13.9. The third kappa shape index (κ3) is 4.69. The van der Waals surface area contributed by atoms with Gasteiger partial charge in [0.05, 0.1) is 17.6 Å². The first-order chi connectivity index (χ1) is 12.3. The molecular formula is C21H25FN2O2. The Morgan fingerprint density at radius 1 is 1.19 bits per heavy atom. The lowest BCUT2D eigenvalue weighted by Crippen LogP contribution is -2.14. The number of carbonyl (C=O) groups is 1. The van der Waals surface area contributed by atoms with Crippen LogP contribution in [0.15, 0.2) is 35.3 Å². The van der Waals surface area contributed by atoms with Crippen LogP contribution in [0.5, 0.6) is 0 Å². The molecule has 0 aliphatic carbocycles. The fourth-order valence-electron chi connectivity index (χ4n) is 2.47. The Morgan fingerprint density at radius 3 is 2.58 bits per heavy atom. The molecule has 2 aromatic rings. The van der Waals surface area contributed by atoms with Gasteiger partial charge in [-0.3, -0.25) is 0 Å². The molecule has 4 nitrogen and oxygen atoms in total. The van der Waals surface area contributed by atoms with Gasteiger partial charge >= 0.3 is 5.97 Å². The molecule has 26 heavy (non-hydrogen) atoms. The van der Waals surface area contributed by atoms with E-state index in [1.807, 2.05) is 38.8 Å². The van der Waals surface area contributed by atoms with Crippen LogP contribution in [-0.4, -0.2) is 30.8 Å². The summed E-state index contributed by atoms with van der Waals surface area (Å²) in [5, 5.41) is 0. The van der Waals surface area contributed by atoms with Crippen LogP contribution in [0, 0.1) is 26.6 Å². The van der Waals surface area contributed by atoms with Gasteiger partial charge in [0.15, 0.2) is 0 Å². The van der Waals surface area contributed by atoms with Gasteiger partial charge in [-0.25, -0.2) is 14.2 Å². The van der Waals surface area contributed by atoms with E-state index < -0.39 is 5.97 Å². The highest BCUT2D eigenvalue weighted by atomic mass is 19.1. The molecule has 0 saturated heterocycles. The molecule has 0 spiro atoms. The van der Waals surface area contributed by atoms with Crippen molar-refractivity contribution in [2.45, 2.75) is 34.3 Å². The Bertz CT molecular complexity index is 811. The minimum absolute atomic E-state index is 0.0863. The van der Waals surface area contributed by atoms with E-state index in [0.717, 1.165) is 28.9 Å². The molecule has 0 fully saturated rings.